The molecule has 8 N–H and O–H groups in total. The van der Waals surface area contributed by atoms with Crippen LogP contribution in [-0.4, -0.2) is 239 Å². The van der Waals surface area contributed by atoms with E-state index in [2.05, 4.69) is 12.5 Å². The van der Waals surface area contributed by atoms with Crippen LogP contribution in [0.4, 0.5) is 0 Å². The van der Waals surface area contributed by atoms with Crippen molar-refractivity contribution in [3.63, 3.8) is 0 Å². The van der Waals surface area contributed by atoms with E-state index in [-0.39, 0.29) is 0 Å². The van der Waals surface area contributed by atoms with Crippen molar-refractivity contribution in [1.29, 1.82) is 0 Å². The molecule has 0 amide bonds. The number of carbonyl (C=O) groups is 2. The highest BCUT2D eigenvalue weighted by Gasteiger charge is 2.56. The quantitative estimate of drug-likeness (QED) is 0.0440. The number of methoxy groups -OCH3 is 2. The summed E-state index contributed by atoms with van der Waals surface area (Å²) < 4.78 is 198. The molecular weight excluding hydrogens is 997 g/mol. The van der Waals surface area contributed by atoms with Gasteiger partial charge in [-0.1, -0.05) is 0 Å². The Morgan fingerprint density at radius 3 is 1.48 bits per heavy atom. The van der Waals surface area contributed by atoms with Gasteiger partial charge in [-0.3, -0.25) is 12.5 Å². The maximum atomic E-state index is 12.4. The molecule has 4 heterocycles. The smallest absolute Gasteiger partial charge is 0.218 e. The average molecular weight is 1030 g/mol. The van der Waals surface area contributed by atoms with E-state index in [1.807, 2.05) is 0 Å². The van der Waals surface area contributed by atoms with Gasteiger partial charge >= 0.3 is 0 Å². The number of nitrogens with two attached hydrogens (primary N) is 1. The Labute approximate surface area is 365 Å². The number of nitrogens with one attached hydrogen (secondary N) is 1. The number of carbonyl (C=O) groups excluding carboxylic acids is 2. The van der Waals surface area contributed by atoms with Crippen molar-refractivity contribution in [1.82, 2.24) is 4.72 Å². The first-order valence-electron chi connectivity index (χ1n) is 17.6. The first-order chi connectivity index (χ1) is 29.8. The van der Waals surface area contributed by atoms with E-state index in [1.165, 1.54) is 4.72 Å². The average Bonchev–Trinajstić information content (AvgIpc) is 3.16. The van der Waals surface area contributed by atoms with Crippen molar-refractivity contribution >= 4 is 53.4 Å². The van der Waals surface area contributed by atoms with Crippen LogP contribution in [0.2, 0.25) is 0 Å². The van der Waals surface area contributed by atoms with Crippen LogP contribution in [0.5, 0.6) is 0 Å². The molecule has 4 aliphatic heterocycles. The lowest BCUT2D eigenvalue weighted by molar-refractivity contribution is -0.386. The monoisotopic (exact) mass is 1030 g/mol. The van der Waals surface area contributed by atoms with Gasteiger partial charge in [-0.25, -0.2) is 38.4 Å². The lowest BCUT2D eigenvalue weighted by Gasteiger charge is -2.50. The van der Waals surface area contributed by atoms with Gasteiger partial charge in [0.15, 0.2) is 41.6 Å². The largest absolute Gasteiger partial charge is 0.735 e. The fourth-order valence-corrected chi connectivity index (χ4v) is 8.43. The first kappa shape index (κ1) is 55.4. The lowest BCUT2D eigenvalue weighted by atomic mass is 9.94. The molecule has 4 fully saturated rings. The number of aliphatic hydroxyl groups is 5. The predicted molar refractivity (Wildman–Crippen MR) is 178 cm³/mol. The van der Waals surface area contributed by atoms with Crippen molar-refractivity contribution in [2.45, 2.75) is 123 Å². The fraction of sp³-hybridized carbons (Fsp3) is 0.923. The summed E-state index contributed by atoms with van der Waals surface area (Å²) in [5, 5.41) is 79.4. The van der Waals surface area contributed by atoms with Crippen molar-refractivity contribution in [3.05, 3.63) is 0 Å². The van der Waals surface area contributed by atoms with E-state index in [4.69, 9.17) is 48.4 Å². The summed E-state index contributed by atoms with van der Waals surface area (Å²) >= 11 is 0. The summed E-state index contributed by atoms with van der Waals surface area (Å²) in [6.45, 7) is -2.92. The molecular formula is C26H38N2O33S4-6. The van der Waals surface area contributed by atoms with Gasteiger partial charge < -0.3 is 112 Å². The lowest BCUT2D eigenvalue weighted by Crippen LogP contribution is -2.70. The molecule has 0 saturated carbocycles. The molecule has 12 unspecified atom stereocenters. The highest BCUT2D eigenvalue weighted by atomic mass is 32.3. The van der Waals surface area contributed by atoms with Gasteiger partial charge in [0.25, 0.3) is 0 Å². The summed E-state index contributed by atoms with van der Waals surface area (Å²) in [5.74, 6) is -4.50. The predicted octanol–water partition coefficient (Wildman–Crippen LogP) is -13.4. The number of rotatable bonds is 20. The summed E-state index contributed by atoms with van der Waals surface area (Å²) in [6, 6.07) is -4.32. The van der Waals surface area contributed by atoms with Crippen molar-refractivity contribution in [3.8, 4) is 0 Å². The second-order valence-corrected chi connectivity index (χ2v) is 18.1. The third-order valence-electron chi connectivity index (χ3n) is 9.56. The molecule has 0 radical (unpaired) electrons. The van der Waals surface area contributed by atoms with Crippen LogP contribution in [0.15, 0.2) is 0 Å². The Balaban J connectivity index is 1.63. The first-order valence-corrected chi connectivity index (χ1v) is 23.0. The van der Waals surface area contributed by atoms with Crippen LogP contribution in [0.1, 0.15) is 0 Å². The number of carboxylic acid groups (broad SMARTS) is 2. The number of aliphatic carboxylic acids is 2. The molecule has 39 heteroatoms. The van der Waals surface area contributed by atoms with Crippen molar-refractivity contribution in [2.75, 3.05) is 27.4 Å². The maximum absolute atomic E-state index is 12.4. The standard InChI is InChI=1S/C26H44N2O33S4/c1-50-16-13(33)18(61-65(47,48)49)26(60-19(16)21(34)35)57-14-5(3-52-63(41,42)43)54-23(7(27)9(14)29)58-17-11(31)12(32)25(59-20(17)22(36)37)56-15-6(4-53-64(44,45)46)55-24(51-2)8(10(15)30)28-62(38,39)40/h5-20,23-26,28-33H,3-4,27H2,1-2H3,(H,34,35)(H,36,37)(H,38,39,40)(H,41,42,43)(H,44,45,46)(H,47,48,49)/p-6/t5?,6?,7?,8?,9-,10-,11-,12?,13+,14?,15?,16?,17?,18?,19?,20?,23+,24-,25-,26-/m1/s1. The second kappa shape index (κ2) is 21.6. The highest BCUT2D eigenvalue weighted by Crippen LogP contribution is 2.35. The Morgan fingerprint density at radius 1 is 0.554 bits per heavy atom. The Bertz CT molecular complexity index is 2100. The molecule has 0 bridgehead atoms. The normalized spacial score (nSPS) is 41.2. The van der Waals surface area contributed by atoms with Crippen LogP contribution in [0.3, 0.4) is 0 Å². The van der Waals surface area contributed by atoms with E-state index in [0.29, 0.717) is 0 Å². The van der Waals surface area contributed by atoms with Crippen LogP contribution in [-0.2, 0) is 106 Å². The van der Waals surface area contributed by atoms with Crippen LogP contribution < -0.4 is 20.7 Å². The van der Waals surface area contributed by atoms with Gasteiger partial charge in [-0.05, 0) is 0 Å². The van der Waals surface area contributed by atoms with E-state index >= 15 is 0 Å². The Hall–Kier alpha value is -2.18. The molecule has 20 atom stereocenters. The van der Waals surface area contributed by atoms with Gasteiger partial charge in [0.2, 0.25) is 31.2 Å². The summed E-state index contributed by atoms with van der Waals surface area (Å²) in [7, 11) is -21.0. The number of ether oxygens (including phenoxy) is 9. The minimum atomic E-state index is -5.84. The molecule has 65 heavy (non-hydrogen) atoms. The molecule has 0 aromatic rings. The van der Waals surface area contributed by atoms with E-state index < -0.39 is 189 Å². The minimum Gasteiger partial charge on any atom is -0.735 e. The van der Waals surface area contributed by atoms with Crippen LogP contribution >= 0.6 is 0 Å². The van der Waals surface area contributed by atoms with Gasteiger partial charge in [-0.2, -0.15) is 0 Å². The maximum Gasteiger partial charge on any atom is 0.218 e. The molecule has 4 aliphatic rings. The number of carboxylic acids is 2. The van der Waals surface area contributed by atoms with Crippen LogP contribution in [0, 0.1) is 0 Å². The second-order valence-electron chi connectivity index (χ2n) is 13.8. The molecule has 35 nitrogen and oxygen atoms in total. The van der Waals surface area contributed by atoms with Gasteiger partial charge in [0.05, 0.1) is 31.2 Å². The zero-order valence-electron chi connectivity index (χ0n) is 32.3. The fourth-order valence-electron chi connectivity index (χ4n) is 6.76. The highest BCUT2D eigenvalue weighted by molar-refractivity contribution is 7.83. The van der Waals surface area contributed by atoms with Gasteiger partial charge in [-0.15, -0.1) is 0 Å². The van der Waals surface area contributed by atoms with Gasteiger partial charge in [0, 0.05) is 14.2 Å². The summed E-state index contributed by atoms with van der Waals surface area (Å²) in [6.07, 6.45) is -43.3. The van der Waals surface area contributed by atoms with Crippen LogP contribution in [0.25, 0.3) is 0 Å². The SMILES string of the molecule is COC1C(C(=O)[O-])O[C@@H](OC2C(COS(=O)(=O)[O-])O[C@@H](OC3C(C(=O)[O-])O[C@@H](OC4C(COS(=O)(=O)[O-])O[C@@H](OC)C(NS(=O)(=O)[O-])[C@H]4O)C(O)[C@H]3O)C(N)[C@H]2O)C(OS(=O)(=O)[O-])[C@H]1O. The summed E-state index contributed by atoms with van der Waals surface area (Å²) in [5.41, 5.74) is 6.02. The van der Waals surface area contributed by atoms with Gasteiger partial charge in [0.1, 0.15) is 85.4 Å². The molecule has 380 valence electrons. The zero-order chi connectivity index (χ0) is 49.3. The van der Waals surface area contributed by atoms with Crippen molar-refractivity contribution < 1.29 is 152 Å². The molecule has 0 aliphatic carbocycles. The zero-order valence-corrected chi connectivity index (χ0v) is 35.6. The topological polar surface area (TPSA) is 559 Å². The molecule has 4 rings (SSSR count). The minimum absolute atomic E-state index is 0.797. The Morgan fingerprint density at radius 2 is 1.02 bits per heavy atom. The summed E-state index contributed by atoms with van der Waals surface area (Å²) in [4.78, 5) is 24.2. The van der Waals surface area contributed by atoms with Crippen molar-refractivity contribution in [2.24, 2.45) is 5.73 Å². The third-order valence-corrected chi connectivity index (χ3v) is 11.4. The number of hydrogen-bond acceptors (Lipinski definition) is 34. The number of hydrogen-bond donors (Lipinski definition) is 7. The third kappa shape index (κ3) is 14.4. The van der Waals surface area contributed by atoms with E-state index in [1.54, 1.807) is 0 Å². The Kier molecular flexibility index (Phi) is 18.4. The molecule has 0 aromatic heterocycles. The van der Waals surface area contributed by atoms with E-state index in [0.717, 1.165) is 14.2 Å². The molecule has 0 aromatic carbocycles. The molecule has 4 saturated heterocycles. The van der Waals surface area contributed by atoms with E-state index in [9.17, 15) is 97.2 Å². The number of aliphatic hydroxyl groups excluding tert-OH is 5. The molecule has 0 spiro atoms.